The molecule has 0 aromatic carbocycles. The van der Waals surface area contributed by atoms with Crippen molar-refractivity contribution in [2.45, 2.75) is 6.92 Å². The van der Waals surface area contributed by atoms with E-state index in [1.807, 2.05) is 0 Å². The zero-order valence-corrected chi connectivity index (χ0v) is 19.1. The van der Waals surface area contributed by atoms with E-state index in [2.05, 4.69) is 6.58 Å². The van der Waals surface area contributed by atoms with Crippen LogP contribution in [0.15, 0.2) is 12.2 Å². The number of methoxy groups -OCH3 is 1. The highest BCUT2D eigenvalue weighted by atomic mass is 16.6. The van der Waals surface area contributed by atoms with Crippen molar-refractivity contribution < 1.29 is 47.4 Å². The van der Waals surface area contributed by atoms with Crippen LogP contribution in [0, 0.1) is 0 Å². The third kappa shape index (κ3) is 25.0. The molecule has 0 aromatic heterocycles. The van der Waals surface area contributed by atoms with Gasteiger partial charge in [-0.2, -0.15) is 0 Å². The minimum Gasteiger partial charge on any atom is -0.460 e. The van der Waals surface area contributed by atoms with Crippen LogP contribution in [-0.2, 0) is 47.4 Å². The summed E-state index contributed by atoms with van der Waals surface area (Å²) in [5.74, 6) is -0.408. The first-order chi connectivity index (χ1) is 15.2. The molecule has 0 rings (SSSR count). The molecule has 0 saturated heterocycles. The van der Waals surface area contributed by atoms with Crippen molar-refractivity contribution in [2.24, 2.45) is 0 Å². The van der Waals surface area contributed by atoms with E-state index >= 15 is 0 Å². The minimum absolute atomic E-state index is 0.207. The maximum Gasteiger partial charge on any atom is 0.333 e. The molecular weight excluding hydrogens is 412 g/mol. The van der Waals surface area contributed by atoms with Crippen molar-refractivity contribution in [2.75, 3.05) is 113 Å². The van der Waals surface area contributed by atoms with Crippen molar-refractivity contribution in [3.8, 4) is 0 Å². The summed E-state index contributed by atoms with van der Waals surface area (Å²) >= 11 is 0. The monoisotopic (exact) mass is 452 g/mol. The Kier molecular flexibility index (Phi) is 24.3. The summed E-state index contributed by atoms with van der Waals surface area (Å²) < 4.78 is 47.2. The number of hydrogen-bond donors (Lipinski definition) is 0. The van der Waals surface area contributed by atoms with E-state index in [-0.39, 0.29) is 6.61 Å². The first-order valence-corrected chi connectivity index (χ1v) is 10.5. The van der Waals surface area contributed by atoms with Crippen LogP contribution in [0.3, 0.4) is 0 Å². The normalized spacial score (nSPS) is 11.0. The molecule has 0 aliphatic heterocycles. The van der Waals surface area contributed by atoms with Crippen LogP contribution in [-0.4, -0.2) is 119 Å². The summed E-state index contributed by atoms with van der Waals surface area (Å²) in [5, 5.41) is 0. The predicted octanol–water partition coefficient (Wildman–Crippen LogP) is 0.868. The molecule has 0 saturated carbocycles. The molecular formula is C21H40O10. The van der Waals surface area contributed by atoms with E-state index in [0.717, 1.165) is 0 Å². The Labute approximate surface area is 186 Å². The molecule has 0 aromatic rings. The number of hydrogen-bond acceptors (Lipinski definition) is 10. The third-order valence-electron chi connectivity index (χ3n) is 3.47. The lowest BCUT2D eigenvalue weighted by molar-refractivity contribution is -0.140. The van der Waals surface area contributed by atoms with Gasteiger partial charge in [0.05, 0.1) is 99.1 Å². The molecule has 0 atom stereocenters. The zero-order chi connectivity index (χ0) is 22.8. The van der Waals surface area contributed by atoms with Gasteiger partial charge in [-0.25, -0.2) is 4.79 Å². The Morgan fingerprint density at radius 3 is 1.03 bits per heavy atom. The second-order valence-electron chi connectivity index (χ2n) is 6.20. The molecule has 0 fully saturated rings. The topological polar surface area (TPSA) is 100 Å². The smallest absolute Gasteiger partial charge is 0.333 e. The summed E-state index contributed by atoms with van der Waals surface area (Å²) in [5.41, 5.74) is 0.375. The lowest BCUT2D eigenvalue weighted by atomic mass is 10.4. The molecule has 0 aliphatic rings. The van der Waals surface area contributed by atoms with E-state index in [9.17, 15) is 4.79 Å². The van der Waals surface area contributed by atoms with E-state index in [1.54, 1.807) is 14.0 Å². The molecule has 0 spiro atoms. The first kappa shape index (κ1) is 29.9. The van der Waals surface area contributed by atoms with Crippen LogP contribution in [0.5, 0.6) is 0 Å². The van der Waals surface area contributed by atoms with E-state index in [1.165, 1.54) is 0 Å². The fraction of sp³-hybridized carbons (Fsp3) is 0.857. The number of ether oxygens (including phenoxy) is 9. The summed E-state index contributed by atoms with van der Waals surface area (Å²) in [4.78, 5) is 11.1. The average Bonchev–Trinajstić information content (AvgIpc) is 2.76. The molecule has 10 heteroatoms. The van der Waals surface area contributed by atoms with Gasteiger partial charge in [0, 0.05) is 12.7 Å². The van der Waals surface area contributed by atoms with E-state index < -0.39 is 5.97 Å². The van der Waals surface area contributed by atoms with Crippen LogP contribution < -0.4 is 0 Å². The van der Waals surface area contributed by atoms with Gasteiger partial charge in [-0.15, -0.1) is 0 Å². The summed E-state index contributed by atoms with van der Waals surface area (Å²) in [6.45, 7) is 12.9. The quantitative estimate of drug-likeness (QED) is 0.113. The van der Waals surface area contributed by atoms with Crippen molar-refractivity contribution in [3.05, 3.63) is 12.2 Å². The highest BCUT2D eigenvalue weighted by molar-refractivity contribution is 5.86. The van der Waals surface area contributed by atoms with Gasteiger partial charge in [0.1, 0.15) is 6.61 Å². The molecule has 0 unspecified atom stereocenters. The number of carbonyl (C=O) groups is 1. The fourth-order valence-corrected chi connectivity index (χ4v) is 1.88. The highest BCUT2D eigenvalue weighted by Crippen LogP contribution is 1.91. The largest absolute Gasteiger partial charge is 0.460 e. The van der Waals surface area contributed by atoms with Gasteiger partial charge < -0.3 is 42.6 Å². The Balaban J connectivity index is 3.05. The lowest BCUT2D eigenvalue weighted by Gasteiger charge is -2.08. The SMILES string of the molecule is C=C(C)C(=O)OCCOCCOCCOCCOCCOCCOCCOCCOC. The van der Waals surface area contributed by atoms with E-state index in [4.69, 9.17) is 42.6 Å². The zero-order valence-electron chi connectivity index (χ0n) is 19.1. The van der Waals surface area contributed by atoms with Crippen LogP contribution in [0.4, 0.5) is 0 Å². The first-order valence-electron chi connectivity index (χ1n) is 10.5. The predicted molar refractivity (Wildman–Crippen MR) is 113 cm³/mol. The molecule has 0 radical (unpaired) electrons. The Bertz CT molecular complexity index is 406. The third-order valence-corrected chi connectivity index (χ3v) is 3.47. The van der Waals surface area contributed by atoms with Gasteiger partial charge in [-0.3, -0.25) is 0 Å². The Hall–Kier alpha value is -1.11. The maximum absolute atomic E-state index is 11.1. The highest BCUT2D eigenvalue weighted by Gasteiger charge is 2.01. The fourth-order valence-electron chi connectivity index (χ4n) is 1.88. The molecule has 0 N–H and O–H groups in total. The molecule has 0 bridgehead atoms. The molecule has 0 aliphatic carbocycles. The molecule has 10 nitrogen and oxygen atoms in total. The van der Waals surface area contributed by atoms with Crippen LogP contribution >= 0.6 is 0 Å². The van der Waals surface area contributed by atoms with Crippen molar-refractivity contribution in [3.63, 3.8) is 0 Å². The van der Waals surface area contributed by atoms with Crippen molar-refractivity contribution in [1.82, 2.24) is 0 Å². The molecule has 31 heavy (non-hydrogen) atoms. The summed E-state index contributed by atoms with van der Waals surface area (Å²) in [6.07, 6.45) is 0. The summed E-state index contributed by atoms with van der Waals surface area (Å²) in [7, 11) is 1.64. The van der Waals surface area contributed by atoms with Gasteiger partial charge in [0.15, 0.2) is 0 Å². The average molecular weight is 453 g/mol. The molecule has 0 amide bonds. The van der Waals surface area contributed by atoms with Gasteiger partial charge in [0.2, 0.25) is 0 Å². The number of carbonyl (C=O) groups excluding carboxylic acids is 1. The number of rotatable bonds is 25. The Morgan fingerprint density at radius 2 is 0.774 bits per heavy atom. The maximum atomic E-state index is 11.1. The van der Waals surface area contributed by atoms with Crippen molar-refractivity contribution >= 4 is 5.97 Å². The second kappa shape index (κ2) is 25.2. The number of esters is 1. The van der Waals surface area contributed by atoms with Gasteiger partial charge in [-0.05, 0) is 6.92 Å². The van der Waals surface area contributed by atoms with Crippen LogP contribution in [0.25, 0.3) is 0 Å². The van der Waals surface area contributed by atoms with Gasteiger partial charge in [0.25, 0.3) is 0 Å². The summed E-state index contributed by atoms with van der Waals surface area (Å²) in [6, 6.07) is 0. The van der Waals surface area contributed by atoms with Crippen LogP contribution in [0.2, 0.25) is 0 Å². The Morgan fingerprint density at radius 1 is 0.516 bits per heavy atom. The van der Waals surface area contributed by atoms with Crippen molar-refractivity contribution in [1.29, 1.82) is 0 Å². The van der Waals surface area contributed by atoms with E-state index in [0.29, 0.717) is 105 Å². The molecule has 0 heterocycles. The molecule has 184 valence electrons. The van der Waals surface area contributed by atoms with Gasteiger partial charge >= 0.3 is 5.97 Å². The standard InChI is InChI=1S/C21H40O10/c1-20(2)21(22)31-19-18-30-17-16-29-15-14-28-13-12-27-11-10-26-9-8-25-7-6-24-5-4-23-3/h1,4-19H2,2-3H3. The lowest BCUT2D eigenvalue weighted by Crippen LogP contribution is -2.15. The van der Waals surface area contributed by atoms with Gasteiger partial charge in [-0.1, -0.05) is 6.58 Å². The van der Waals surface area contributed by atoms with Crippen LogP contribution in [0.1, 0.15) is 6.92 Å². The minimum atomic E-state index is -0.408. The second-order valence-corrected chi connectivity index (χ2v) is 6.20.